The summed E-state index contributed by atoms with van der Waals surface area (Å²) < 4.78 is 33.5. The molecule has 1 aromatic heterocycles. The van der Waals surface area contributed by atoms with Gasteiger partial charge in [-0.15, -0.1) is 0 Å². The first-order chi connectivity index (χ1) is 9.40. The maximum absolute atomic E-state index is 14.1. The summed E-state index contributed by atoms with van der Waals surface area (Å²) in [6.45, 7) is 5.15. The van der Waals surface area contributed by atoms with Crippen molar-refractivity contribution < 1.29 is 13.2 Å². The molecule has 0 saturated heterocycles. The lowest BCUT2D eigenvalue weighted by molar-refractivity contribution is -0.00538. The molecule has 1 N–H and O–H groups in total. The number of nitrogens with one attached hydrogen (secondary N) is 1. The molecule has 108 valence electrons. The number of rotatable bonds is 5. The highest BCUT2D eigenvalue weighted by Gasteiger charge is 2.31. The van der Waals surface area contributed by atoms with Gasteiger partial charge in [0, 0.05) is 17.2 Å². The number of alkyl halides is 2. The minimum atomic E-state index is -2.89. The third-order valence-electron chi connectivity index (χ3n) is 3.37. The van der Waals surface area contributed by atoms with E-state index < -0.39 is 12.5 Å². The molecule has 0 amide bonds. The Kier molecular flexibility index (Phi) is 4.23. The number of aryl methyl sites for hydroxylation is 2. The number of benzene rings is 1. The molecule has 1 aromatic carbocycles. The van der Waals surface area contributed by atoms with Gasteiger partial charge in [-0.05, 0) is 26.8 Å². The Balaban J connectivity index is 2.03. The Labute approximate surface area is 117 Å². The molecule has 1 atom stereocenters. The number of halogens is 2. The van der Waals surface area contributed by atoms with E-state index in [1.165, 1.54) is 12.1 Å². The van der Waals surface area contributed by atoms with Crippen molar-refractivity contribution in [2.24, 2.45) is 0 Å². The van der Waals surface area contributed by atoms with Crippen LogP contribution in [0.1, 0.15) is 35.6 Å². The van der Waals surface area contributed by atoms with Crippen molar-refractivity contribution in [2.75, 3.05) is 6.54 Å². The van der Waals surface area contributed by atoms with Crippen LogP contribution in [0.25, 0.3) is 0 Å². The zero-order valence-electron chi connectivity index (χ0n) is 11.9. The molecular weight excluding hydrogens is 260 g/mol. The van der Waals surface area contributed by atoms with Gasteiger partial charge in [-0.1, -0.05) is 30.3 Å². The third-order valence-corrected chi connectivity index (χ3v) is 3.37. The minimum Gasteiger partial charge on any atom is -0.466 e. The standard InChI is InChI=1S/C16H19F2NO/c1-11-9-15(13(3)20-11)12(2)19-10-16(17,18)14-7-5-4-6-8-14/h4-9,12,19H,10H2,1-3H3. The van der Waals surface area contributed by atoms with E-state index in [4.69, 9.17) is 4.42 Å². The summed E-state index contributed by atoms with van der Waals surface area (Å²) in [7, 11) is 0. The zero-order chi connectivity index (χ0) is 14.8. The summed E-state index contributed by atoms with van der Waals surface area (Å²) in [5.41, 5.74) is 0.950. The summed E-state index contributed by atoms with van der Waals surface area (Å²) in [5.74, 6) is -1.33. The molecule has 0 fully saturated rings. The van der Waals surface area contributed by atoms with E-state index in [-0.39, 0.29) is 11.6 Å². The molecule has 0 aliphatic carbocycles. The van der Waals surface area contributed by atoms with Gasteiger partial charge in [-0.25, -0.2) is 0 Å². The lowest BCUT2D eigenvalue weighted by Gasteiger charge is -2.20. The van der Waals surface area contributed by atoms with Crippen molar-refractivity contribution in [3.63, 3.8) is 0 Å². The molecule has 0 aliphatic heterocycles. The summed E-state index contributed by atoms with van der Waals surface area (Å²) in [6, 6.07) is 9.56. The Morgan fingerprint density at radius 2 is 1.85 bits per heavy atom. The summed E-state index contributed by atoms with van der Waals surface area (Å²) >= 11 is 0. The zero-order valence-corrected chi connectivity index (χ0v) is 11.9. The molecule has 0 spiro atoms. The average molecular weight is 279 g/mol. The molecule has 1 heterocycles. The van der Waals surface area contributed by atoms with Gasteiger partial charge in [0.05, 0.1) is 6.54 Å². The molecular formula is C16H19F2NO. The predicted octanol–water partition coefficient (Wildman–Crippen LogP) is 4.34. The maximum Gasteiger partial charge on any atom is 0.285 e. The van der Waals surface area contributed by atoms with E-state index in [1.54, 1.807) is 18.2 Å². The molecule has 0 bridgehead atoms. The largest absolute Gasteiger partial charge is 0.466 e. The van der Waals surface area contributed by atoms with Crippen molar-refractivity contribution in [1.82, 2.24) is 5.32 Å². The van der Waals surface area contributed by atoms with Crippen LogP contribution in [0.5, 0.6) is 0 Å². The van der Waals surface area contributed by atoms with E-state index >= 15 is 0 Å². The first kappa shape index (κ1) is 14.7. The van der Waals surface area contributed by atoms with Crippen LogP contribution < -0.4 is 5.32 Å². The summed E-state index contributed by atoms with van der Waals surface area (Å²) in [4.78, 5) is 0. The minimum absolute atomic E-state index is 0.0276. The van der Waals surface area contributed by atoms with Crippen LogP contribution in [-0.4, -0.2) is 6.54 Å². The molecule has 0 radical (unpaired) electrons. The highest BCUT2D eigenvalue weighted by Crippen LogP contribution is 2.28. The average Bonchev–Trinajstić information content (AvgIpc) is 2.76. The molecule has 2 rings (SSSR count). The van der Waals surface area contributed by atoms with Crippen molar-refractivity contribution in [3.05, 3.63) is 59.0 Å². The summed E-state index contributed by atoms with van der Waals surface area (Å²) in [6.07, 6.45) is 0. The van der Waals surface area contributed by atoms with Gasteiger partial charge in [0.25, 0.3) is 5.92 Å². The lowest BCUT2D eigenvalue weighted by atomic mass is 10.1. The van der Waals surface area contributed by atoms with Gasteiger partial charge in [0.2, 0.25) is 0 Å². The second-order valence-electron chi connectivity index (χ2n) is 5.04. The van der Waals surface area contributed by atoms with Gasteiger partial charge in [-0.3, -0.25) is 0 Å². The molecule has 2 aromatic rings. The highest BCUT2D eigenvalue weighted by atomic mass is 19.3. The Morgan fingerprint density at radius 1 is 1.20 bits per heavy atom. The predicted molar refractivity (Wildman–Crippen MR) is 74.9 cm³/mol. The van der Waals surface area contributed by atoms with Gasteiger partial charge in [-0.2, -0.15) is 8.78 Å². The first-order valence-electron chi connectivity index (χ1n) is 6.64. The monoisotopic (exact) mass is 279 g/mol. The van der Waals surface area contributed by atoms with Gasteiger partial charge < -0.3 is 9.73 Å². The summed E-state index contributed by atoms with van der Waals surface area (Å²) in [5, 5.41) is 2.88. The van der Waals surface area contributed by atoms with Crippen molar-refractivity contribution >= 4 is 0 Å². The second-order valence-corrected chi connectivity index (χ2v) is 5.04. The van der Waals surface area contributed by atoms with E-state index in [1.807, 2.05) is 26.8 Å². The highest BCUT2D eigenvalue weighted by molar-refractivity contribution is 5.24. The fraction of sp³-hybridized carbons (Fsp3) is 0.375. The quantitative estimate of drug-likeness (QED) is 0.880. The first-order valence-corrected chi connectivity index (χ1v) is 6.64. The second kappa shape index (κ2) is 5.75. The molecule has 1 unspecified atom stereocenters. The number of furan rings is 1. The van der Waals surface area contributed by atoms with Crippen LogP contribution in [0.15, 0.2) is 40.8 Å². The Bertz CT molecular complexity index is 563. The van der Waals surface area contributed by atoms with Crippen molar-refractivity contribution in [3.8, 4) is 0 Å². The molecule has 4 heteroatoms. The van der Waals surface area contributed by atoms with Crippen LogP contribution in [-0.2, 0) is 5.92 Å². The van der Waals surface area contributed by atoms with E-state index in [0.717, 1.165) is 17.1 Å². The van der Waals surface area contributed by atoms with Crippen molar-refractivity contribution in [2.45, 2.75) is 32.7 Å². The Morgan fingerprint density at radius 3 is 2.40 bits per heavy atom. The fourth-order valence-electron chi connectivity index (χ4n) is 2.26. The van der Waals surface area contributed by atoms with Crippen LogP contribution in [0.4, 0.5) is 8.78 Å². The SMILES string of the molecule is Cc1cc(C(C)NCC(F)(F)c2ccccc2)c(C)o1. The molecule has 20 heavy (non-hydrogen) atoms. The molecule has 2 nitrogen and oxygen atoms in total. The number of hydrogen-bond donors (Lipinski definition) is 1. The maximum atomic E-state index is 14.1. The van der Waals surface area contributed by atoms with E-state index in [0.29, 0.717) is 0 Å². The normalized spacial score (nSPS) is 13.4. The van der Waals surface area contributed by atoms with Crippen molar-refractivity contribution in [1.29, 1.82) is 0 Å². The lowest BCUT2D eigenvalue weighted by Crippen LogP contribution is -2.32. The van der Waals surface area contributed by atoms with Gasteiger partial charge >= 0.3 is 0 Å². The molecule has 0 saturated carbocycles. The number of hydrogen-bond acceptors (Lipinski definition) is 2. The Hall–Kier alpha value is -1.68. The van der Waals surface area contributed by atoms with E-state index in [9.17, 15) is 8.78 Å². The third kappa shape index (κ3) is 3.25. The van der Waals surface area contributed by atoms with Gasteiger partial charge in [0.15, 0.2) is 0 Å². The van der Waals surface area contributed by atoms with Crippen LogP contribution in [0.2, 0.25) is 0 Å². The smallest absolute Gasteiger partial charge is 0.285 e. The van der Waals surface area contributed by atoms with Crippen LogP contribution >= 0.6 is 0 Å². The topological polar surface area (TPSA) is 25.2 Å². The van der Waals surface area contributed by atoms with Crippen LogP contribution in [0, 0.1) is 13.8 Å². The van der Waals surface area contributed by atoms with Crippen LogP contribution in [0.3, 0.4) is 0 Å². The molecule has 0 aliphatic rings. The fourth-order valence-corrected chi connectivity index (χ4v) is 2.26. The van der Waals surface area contributed by atoms with E-state index in [2.05, 4.69) is 5.32 Å². The van der Waals surface area contributed by atoms with Gasteiger partial charge in [0.1, 0.15) is 11.5 Å².